The fourth-order valence-corrected chi connectivity index (χ4v) is 3.98. The minimum absolute atomic E-state index is 0.0770. The Balaban J connectivity index is 1.55. The van der Waals surface area contributed by atoms with E-state index in [-0.39, 0.29) is 11.8 Å². The summed E-state index contributed by atoms with van der Waals surface area (Å²) >= 11 is 7.60. The van der Waals surface area contributed by atoms with Crippen LogP contribution in [0.25, 0.3) is 11.0 Å². The molecule has 1 N–H and O–H groups in total. The standard InChI is InChI=1S/C18H15ClN4O2S/c19-17-14(23-10-11-26-18(23)21-17)7-8-15(24)20-12-4-1-2-5-13(12)22-9-3-6-16(22)25/h1-2,4-5,7-8,10-11H,3,6,9H2,(H,20,24)/b8-7+. The zero-order valence-electron chi connectivity index (χ0n) is 13.7. The molecule has 2 aromatic heterocycles. The van der Waals surface area contributed by atoms with Crippen molar-refractivity contribution in [3.63, 3.8) is 0 Å². The Morgan fingerprint density at radius 3 is 3.00 bits per heavy atom. The maximum atomic E-state index is 12.4. The van der Waals surface area contributed by atoms with Crippen LogP contribution in [-0.2, 0) is 9.59 Å². The third kappa shape index (κ3) is 3.11. The first-order valence-corrected chi connectivity index (χ1v) is 9.39. The number of halogens is 1. The number of nitrogens with one attached hydrogen (secondary N) is 1. The lowest BCUT2D eigenvalue weighted by Crippen LogP contribution is -2.25. The molecule has 6 nitrogen and oxygen atoms in total. The SMILES string of the molecule is O=C(/C=C/c1c(Cl)nc2sccn12)Nc1ccccc1N1CCCC1=O. The highest BCUT2D eigenvalue weighted by molar-refractivity contribution is 7.15. The summed E-state index contributed by atoms with van der Waals surface area (Å²) in [7, 11) is 0. The van der Waals surface area contributed by atoms with Crippen LogP contribution < -0.4 is 10.2 Å². The second-order valence-electron chi connectivity index (χ2n) is 5.83. The summed E-state index contributed by atoms with van der Waals surface area (Å²) in [5.41, 5.74) is 1.98. The minimum Gasteiger partial charge on any atom is -0.321 e. The molecule has 1 saturated heterocycles. The summed E-state index contributed by atoms with van der Waals surface area (Å²) in [5.74, 6) is -0.224. The Kier molecular flexibility index (Phi) is 4.48. The van der Waals surface area contributed by atoms with Crippen molar-refractivity contribution in [1.82, 2.24) is 9.38 Å². The monoisotopic (exact) mass is 386 g/mol. The Morgan fingerprint density at radius 2 is 2.19 bits per heavy atom. The van der Waals surface area contributed by atoms with Crippen LogP contribution in [0, 0.1) is 0 Å². The van der Waals surface area contributed by atoms with Gasteiger partial charge < -0.3 is 10.2 Å². The number of hydrogen-bond acceptors (Lipinski definition) is 4. The van der Waals surface area contributed by atoms with Crippen molar-refractivity contribution < 1.29 is 9.59 Å². The molecular weight excluding hydrogens is 372 g/mol. The van der Waals surface area contributed by atoms with Crippen LogP contribution >= 0.6 is 22.9 Å². The second kappa shape index (κ2) is 6.93. The van der Waals surface area contributed by atoms with E-state index in [0.717, 1.165) is 17.1 Å². The van der Waals surface area contributed by atoms with Crippen LogP contribution in [0.2, 0.25) is 5.15 Å². The van der Waals surface area contributed by atoms with Gasteiger partial charge in [-0.3, -0.25) is 14.0 Å². The third-order valence-corrected chi connectivity index (χ3v) is 5.21. The zero-order chi connectivity index (χ0) is 18.1. The van der Waals surface area contributed by atoms with E-state index >= 15 is 0 Å². The Morgan fingerprint density at radius 1 is 1.35 bits per heavy atom. The van der Waals surface area contributed by atoms with Crippen molar-refractivity contribution in [2.45, 2.75) is 12.8 Å². The second-order valence-corrected chi connectivity index (χ2v) is 7.06. The van der Waals surface area contributed by atoms with Crippen LogP contribution in [0.4, 0.5) is 11.4 Å². The van der Waals surface area contributed by atoms with Gasteiger partial charge in [-0.05, 0) is 24.6 Å². The highest BCUT2D eigenvalue weighted by Gasteiger charge is 2.23. The topological polar surface area (TPSA) is 66.7 Å². The number of benzene rings is 1. The van der Waals surface area contributed by atoms with Crippen molar-refractivity contribution in [2.75, 3.05) is 16.8 Å². The lowest BCUT2D eigenvalue weighted by molar-refractivity contribution is -0.117. The van der Waals surface area contributed by atoms with Gasteiger partial charge in [0.05, 0.1) is 17.1 Å². The van der Waals surface area contributed by atoms with Crippen LogP contribution in [0.5, 0.6) is 0 Å². The van der Waals surface area contributed by atoms with Crippen LogP contribution in [0.15, 0.2) is 41.9 Å². The van der Waals surface area contributed by atoms with E-state index in [1.54, 1.807) is 17.0 Å². The number of carbonyl (C=O) groups is 2. The molecule has 1 aliphatic heterocycles. The van der Waals surface area contributed by atoms with E-state index < -0.39 is 0 Å². The van der Waals surface area contributed by atoms with E-state index in [1.165, 1.54) is 17.4 Å². The van der Waals surface area contributed by atoms with Gasteiger partial charge in [0.1, 0.15) is 0 Å². The number of aromatic nitrogens is 2. The number of amides is 2. The Hall–Kier alpha value is -2.64. The number of fused-ring (bicyclic) bond motifs is 1. The summed E-state index contributed by atoms with van der Waals surface area (Å²) in [6.07, 6.45) is 6.27. The van der Waals surface area contributed by atoms with Gasteiger partial charge in [-0.25, -0.2) is 4.98 Å². The zero-order valence-corrected chi connectivity index (χ0v) is 15.3. The van der Waals surface area contributed by atoms with E-state index in [2.05, 4.69) is 10.3 Å². The molecule has 3 heterocycles. The molecule has 132 valence electrons. The van der Waals surface area contributed by atoms with Crippen LogP contribution in [0.3, 0.4) is 0 Å². The van der Waals surface area contributed by atoms with E-state index in [1.807, 2.05) is 34.2 Å². The molecule has 26 heavy (non-hydrogen) atoms. The Labute approximate surface area is 158 Å². The van der Waals surface area contributed by atoms with E-state index in [0.29, 0.717) is 29.5 Å². The van der Waals surface area contributed by atoms with Gasteiger partial charge in [-0.2, -0.15) is 0 Å². The smallest absolute Gasteiger partial charge is 0.248 e. The molecule has 3 aromatic rings. The molecule has 1 aromatic carbocycles. The van der Waals surface area contributed by atoms with E-state index in [9.17, 15) is 9.59 Å². The number of thiazole rings is 1. The van der Waals surface area contributed by atoms with E-state index in [4.69, 9.17) is 11.6 Å². The molecule has 8 heteroatoms. The number of nitrogens with zero attached hydrogens (tertiary/aromatic N) is 3. The van der Waals surface area contributed by atoms with Crippen molar-refractivity contribution in [3.05, 3.63) is 52.8 Å². The molecule has 0 radical (unpaired) electrons. The number of hydrogen-bond donors (Lipinski definition) is 1. The third-order valence-electron chi connectivity index (χ3n) is 4.17. The van der Waals surface area contributed by atoms with Gasteiger partial charge >= 0.3 is 0 Å². The molecule has 4 rings (SSSR count). The quantitative estimate of drug-likeness (QED) is 0.693. The summed E-state index contributed by atoms with van der Waals surface area (Å²) in [4.78, 5) is 31.1. The average Bonchev–Trinajstić information content (AvgIpc) is 3.30. The molecule has 0 spiro atoms. The minimum atomic E-state index is -0.301. The lowest BCUT2D eigenvalue weighted by Gasteiger charge is -2.19. The number of imidazole rings is 1. The summed E-state index contributed by atoms with van der Waals surface area (Å²) in [5, 5.41) is 5.10. The summed E-state index contributed by atoms with van der Waals surface area (Å²) < 4.78 is 1.83. The number of carbonyl (C=O) groups excluding carboxylic acids is 2. The molecule has 1 aliphatic rings. The van der Waals surface area contributed by atoms with Gasteiger partial charge in [0, 0.05) is 30.6 Å². The number of rotatable bonds is 4. The molecule has 0 aliphatic carbocycles. The summed E-state index contributed by atoms with van der Waals surface area (Å²) in [6.45, 7) is 0.670. The summed E-state index contributed by atoms with van der Waals surface area (Å²) in [6, 6.07) is 7.30. The number of para-hydroxylation sites is 2. The van der Waals surface area contributed by atoms with Gasteiger partial charge in [0.25, 0.3) is 0 Å². The Bertz CT molecular complexity index is 1020. The molecule has 0 saturated carbocycles. The normalized spacial score (nSPS) is 14.7. The number of anilines is 2. The first kappa shape index (κ1) is 16.8. The molecule has 2 amide bonds. The first-order valence-electron chi connectivity index (χ1n) is 8.13. The molecular formula is C18H15ClN4O2S. The average molecular weight is 387 g/mol. The fourth-order valence-electron chi connectivity index (χ4n) is 2.97. The maximum absolute atomic E-state index is 12.4. The van der Waals surface area contributed by atoms with Gasteiger partial charge in [-0.15, -0.1) is 11.3 Å². The predicted octanol–water partition coefficient (Wildman–Crippen LogP) is 3.83. The lowest BCUT2D eigenvalue weighted by atomic mass is 10.2. The van der Waals surface area contributed by atoms with Crippen molar-refractivity contribution in [2.24, 2.45) is 0 Å². The largest absolute Gasteiger partial charge is 0.321 e. The highest BCUT2D eigenvalue weighted by Crippen LogP contribution is 2.29. The molecule has 1 fully saturated rings. The first-order chi connectivity index (χ1) is 12.6. The predicted molar refractivity (Wildman–Crippen MR) is 104 cm³/mol. The van der Waals surface area contributed by atoms with Gasteiger partial charge in [0.15, 0.2) is 10.1 Å². The maximum Gasteiger partial charge on any atom is 0.248 e. The highest BCUT2D eigenvalue weighted by atomic mass is 35.5. The molecule has 0 bridgehead atoms. The van der Waals surface area contributed by atoms with Gasteiger partial charge in [-0.1, -0.05) is 23.7 Å². The van der Waals surface area contributed by atoms with Crippen molar-refractivity contribution >= 4 is 57.2 Å². The fraction of sp³-hybridized carbons (Fsp3) is 0.167. The van der Waals surface area contributed by atoms with Crippen LogP contribution in [-0.4, -0.2) is 27.7 Å². The van der Waals surface area contributed by atoms with Crippen LogP contribution in [0.1, 0.15) is 18.5 Å². The van der Waals surface area contributed by atoms with Crippen molar-refractivity contribution in [3.8, 4) is 0 Å². The van der Waals surface area contributed by atoms with Crippen molar-refractivity contribution in [1.29, 1.82) is 0 Å². The molecule has 0 atom stereocenters. The molecule has 0 unspecified atom stereocenters. The van der Waals surface area contributed by atoms with Gasteiger partial charge in [0.2, 0.25) is 11.8 Å².